The van der Waals surface area contributed by atoms with Crippen LogP contribution in [0.5, 0.6) is 0 Å². The van der Waals surface area contributed by atoms with Crippen molar-refractivity contribution in [3.05, 3.63) is 42.5 Å². The first kappa shape index (κ1) is 42.0. The van der Waals surface area contributed by atoms with Gasteiger partial charge in [0.05, 0.1) is 31.3 Å². The zero-order chi connectivity index (χ0) is 40.7. The molecule has 306 valence electrons. The zero-order valence-corrected chi connectivity index (χ0v) is 36.3. The predicted molar refractivity (Wildman–Crippen MR) is 219 cm³/mol. The molecular formula is C46H73N5O4. The molecule has 4 N–H and O–H groups in total. The molecule has 0 aliphatic heterocycles. The van der Waals surface area contributed by atoms with E-state index in [9.17, 15) is 15.0 Å². The lowest BCUT2D eigenvalue weighted by Crippen LogP contribution is -2.64. The smallest absolute Gasteiger partial charge is 0.307 e. The number of nitrogens with two attached hydrogens (primary N) is 1. The standard InChI is InChI=1S/C46H73N5O4/c1-28(2)30(4)41(9)20-21-43(11)33-14-15-35(46(24-29(46)3)34(33)16-19-44(43,12)36(41)39(53)54)42(10,25-52)37(55-26-45(13,47)40(6,7)8)31(5)51-38(49-27-50-51)32-17-22-48-23-18-32/h16-18,22-23,27-31,33,35-37,52H,14-15,19-21,24-26,47H2,1-13H3,(H,53,54)/t29-,30-,31-,33+,35+,36-,37+,41-,42?,43-,44+,45+,46+/m1/s1. The second-order valence-corrected chi connectivity index (χ2v) is 21.4. The van der Waals surface area contributed by atoms with Crippen molar-refractivity contribution in [2.24, 2.45) is 73.7 Å². The van der Waals surface area contributed by atoms with E-state index in [0.29, 0.717) is 30.3 Å². The third-order valence-corrected chi connectivity index (χ3v) is 17.6. The van der Waals surface area contributed by atoms with Gasteiger partial charge in [-0.1, -0.05) is 87.8 Å². The highest BCUT2D eigenvalue weighted by Crippen LogP contribution is 2.78. The maximum absolute atomic E-state index is 13.5. The molecular weight excluding hydrogens is 687 g/mol. The zero-order valence-electron chi connectivity index (χ0n) is 36.3. The number of carboxylic acids is 1. The maximum atomic E-state index is 13.5. The van der Waals surface area contributed by atoms with Gasteiger partial charge in [0, 0.05) is 28.9 Å². The molecule has 4 aliphatic carbocycles. The Morgan fingerprint density at radius 3 is 2.22 bits per heavy atom. The number of pyridine rings is 1. The molecule has 1 unspecified atom stereocenters. The van der Waals surface area contributed by atoms with Gasteiger partial charge in [-0.2, -0.15) is 5.10 Å². The summed E-state index contributed by atoms with van der Waals surface area (Å²) in [5.74, 6) is 1.27. The number of carboxylic acid groups (broad SMARTS) is 1. The van der Waals surface area contributed by atoms with E-state index in [1.165, 1.54) is 5.57 Å². The summed E-state index contributed by atoms with van der Waals surface area (Å²) >= 11 is 0. The molecule has 0 aromatic carbocycles. The van der Waals surface area contributed by atoms with Crippen molar-refractivity contribution < 1.29 is 19.7 Å². The summed E-state index contributed by atoms with van der Waals surface area (Å²) in [5, 5.41) is 27.7. The van der Waals surface area contributed by atoms with Gasteiger partial charge >= 0.3 is 5.97 Å². The molecule has 0 amide bonds. The van der Waals surface area contributed by atoms with Gasteiger partial charge in [-0.25, -0.2) is 9.67 Å². The Morgan fingerprint density at radius 1 is 1.04 bits per heavy atom. The molecule has 13 atom stereocenters. The van der Waals surface area contributed by atoms with E-state index < -0.39 is 28.9 Å². The number of aromatic nitrogens is 4. The fraction of sp³-hybridized carbons (Fsp3) is 0.783. The van der Waals surface area contributed by atoms with Crippen molar-refractivity contribution in [2.75, 3.05) is 13.2 Å². The van der Waals surface area contributed by atoms with Gasteiger partial charge < -0.3 is 20.7 Å². The lowest BCUT2D eigenvalue weighted by atomic mass is 9.36. The first-order chi connectivity index (χ1) is 25.5. The van der Waals surface area contributed by atoms with Gasteiger partial charge in [0.15, 0.2) is 5.82 Å². The molecule has 9 nitrogen and oxygen atoms in total. The number of hydrogen-bond acceptors (Lipinski definition) is 7. The van der Waals surface area contributed by atoms with E-state index in [-0.39, 0.29) is 45.6 Å². The van der Waals surface area contributed by atoms with Gasteiger partial charge in [-0.3, -0.25) is 9.78 Å². The summed E-state index contributed by atoms with van der Waals surface area (Å²) in [4.78, 5) is 22.5. The van der Waals surface area contributed by atoms with Gasteiger partial charge in [-0.15, -0.1) is 0 Å². The monoisotopic (exact) mass is 760 g/mol. The summed E-state index contributed by atoms with van der Waals surface area (Å²) < 4.78 is 9.13. The summed E-state index contributed by atoms with van der Waals surface area (Å²) in [5.41, 5.74) is 7.07. The van der Waals surface area contributed by atoms with Crippen molar-refractivity contribution >= 4 is 5.97 Å². The number of aliphatic hydroxyl groups excluding tert-OH is 1. The normalized spacial score (nSPS) is 37.2. The number of fused-ring (bicyclic) bond motifs is 4. The van der Waals surface area contributed by atoms with Crippen LogP contribution in [0.3, 0.4) is 0 Å². The van der Waals surface area contributed by atoms with E-state index in [0.717, 1.165) is 49.9 Å². The molecule has 9 heteroatoms. The second kappa shape index (κ2) is 14.0. The third-order valence-electron chi connectivity index (χ3n) is 17.6. The number of allylic oxidation sites excluding steroid dienone is 2. The fourth-order valence-corrected chi connectivity index (χ4v) is 12.7. The van der Waals surface area contributed by atoms with Crippen LogP contribution in [0.15, 0.2) is 42.5 Å². The van der Waals surface area contributed by atoms with E-state index in [1.54, 1.807) is 18.7 Å². The molecule has 2 aromatic rings. The van der Waals surface area contributed by atoms with Crippen molar-refractivity contribution in [2.45, 2.75) is 146 Å². The Hall–Kier alpha value is -2.62. The van der Waals surface area contributed by atoms with Crippen molar-refractivity contribution in [3.8, 4) is 11.4 Å². The van der Waals surface area contributed by atoms with Crippen LogP contribution in [0.25, 0.3) is 11.4 Å². The van der Waals surface area contributed by atoms with Crippen molar-refractivity contribution in [1.82, 2.24) is 19.7 Å². The number of nitrogens with zero attached hydrogens (tertiary/aromatic N) is 4. The highest BCUT2D eigenvalue weighted by Gasteiger charge is 2.73. The summed E-state index contributed by atoms with van der Waals surface area (Å²) in [7, 11) is 0. The Kier molecular flexibility index (Phi) is 10.7. The number of carbonyl (C=O) groups is 1. The van der Waals surface area contributed by atoms with Crippen LogP contribution in [0.1, 0.15) is 135 Å². The van der Waals surface area contributed by atoms with Crippen LogP contribution in [0.2, 0.25) is 0 Å². The minimum Gasteiger partial charge on any atom is -0.481 e. The second-order valence-electron chi connectivity index (χ2n) is 21.4. The molecule has 55 heavy (non-hydrogen) atoms. The molecule has 2 aromatic heterocycles. The maximum Gasteiger partial charge on any atom is 0.307 e. The topological polar surface area (TPSA) is 136 Å². The number of aliphatic carboxylic acids is 1. The van der Waals surface area contributed by atoms with Crippen LogP contribution in [-0.2, 0) is 9.53 Å². The lowest BCUT2D eigenvalue weighted by molar-refractivity contribution is -0.196. The Bertz CT molecular complexity index is 1750. The number of rotatable bonds is 12. The third kappa shape index (κ3) is 6.27. The van der Waals surface area contributed by atoms with Crippen LogP contribution >= 0.6 is 0 Å². The average molecular weight is 760 g/mol. The van der Waals surface area contributed by atoms with E-state index >= 15 is 0 Å². The highest BCUT2D eigenvalue weighted by molar-refractivity contribution is 5.73. The molecule has 4 aliphatic rings. The first-order valence-corrected chi connectivity index (χ1v) is 21.2. The highest BCUT2D eigenvalue weighted by atomic mass is 16.5. The van der Waals surface area contributed by atoms with Gasteiger partial charge in [0.25, 0.3) is 0 Å². The lowest BCUT2D eigenvalue weighted by Gasteiger charge is -2.67. The Labute approximate surface area is 331 Å². The number of aliphatic hydroxyl groups is 1. The van der Waals surface area contributed by atoms with E-state index in [2.05, 4.69) is 101 Å². The Balaban J connectivity index is 1.43. The summed E-state index contributed by atoms with van der Waals surface area (Å²) in [6.07, 6.45) is 12.9. The minimum absolute atomic E-state index is 0.0449. The summed E-state index contributed by atoms with van der Waals surface area (Å²) in [6.45, 7) is 29.4. The van der Waals surface area contributed by atoms with Gasteiger partial charge in [-0.05, 0) is 121 Å². The van der Waals surface area contributed by atoms with Gasteiger partial charge in [0.1, 0.15) is 6.33 Å². The van der Waals surface area contributed by atoms with Crippen LogP contribution < -0.4 is 5.73 Å². The van der Waals surface area contributed by atoms with Gasteiger partial charge in [0.2, 0.25) is 0 Å². The quantitative estimate of drug-likeness (QED) is 0.182. The molecule has 3 saturated carbocycles. The molecule has 6 rings (SSSR count). The van der Waals surface area contributed by atoms with Crippen molar-refractivity contribution in [3.63, 3.8) is 0 Å². The number of ether oxygens (including phenoxy) is 1. The van der Waals surface area contributed by atoms with Crippen LogP contribution in [-0.4, -0.2) is 60.8 Å². The van der Waals surface area contributed by atoms with Crippen molar-refractivity contribution in [1.29, 1.82) is 0 Å². The largest absolute Gasteiger partial charge is 0.481 e. The molecule has 1 spiro atoms. The molecule has 3 fully saturated rings. The molecule has 0 saturated heterocycles. The summed E-state index contributed by atoms with van der Waals surface area (Å²) in [6, 6.07) is 3.62. The van der Waals surface area contributed by atoms with Crippen LogP contribution in [0.4, 0.5) is 0 Å². The molecule has 2 heterocycles. The first-order valence-electron chi connectivity index (χ1n) is 21.2. The Morgan fingerprint density at radius 2 is 1.67 bits per heavy atom. The van der Waals surface area contributed by atoms with E-state index in [1.807, 2.05) is 16.8 Å². The van der Waals surface area contributed by atoms with E-state index in [4.69, 9.17) is 20.6 Å². The van der Waals surface area contributed by atoms with Crippen LogP contribution in [0, 0.1) is 68.0 Å². The average Bonchev–Trinajstić information content (AvgIpc) is 3.51. The molecule has 0 radical (unpaired) electrons. The number of hydrogen-bond donors (Lipinski definition) is 3. The fourth-order valence-electron chi connectivity index (χ4n) is 12.7. The minimum atomic E-state index is -0.658. The molecule has 0 bridgehead atoms. The predicted octanol–water partition coefficient (Wildman–Crippen LogP) is 9.24. The SMILES string of the molecule is CC(C)[C@@H](C)[C@@]1(C)CC[C@]2(C)[C@H]3CC[C@@H](C(C)(CO)[C@@H](OC[C@](C)(N)C(C)(C)C)[C@@H](C)n4ncnc4-c4ccncc4)[C@]4(C[C@H]4C)C3=CC[C@@]2(C)[C@@H]1C(=O)O.